The number of rotatable bonds is 6. The van der Waals surface area contributed by atoms with Crippen LogP contribution in [0.5, 0.6) is 5.75 Å². The second kappa shape index (κ2) is 9.31. The van der Waals surface area contributed by atoms with E-state index in [1.807, 2.05) is 30.5 Å². The minimum atomic E-state index is -0.230. The molecule has 0 atom stereocenters. The fraction of sp³-hybridized carbons (Fsp3) is 0.143. The number of thiophene rings is 1. The van der Waals surface area contributed by atoms with Crippen molar-refractivity contribution in [3.05, 3.63) is 52.4 Å². The van der Waals surface area contributed by atoms with E-state index in [2.05, 4.69) is 22.4 Å². The normalized spacial score (nSPS) is 10.1. The zero-order chi connectivity index (χ0) is 21.7. The number of pyridine rings is 1. The smallest absolute Gasteiger partial charge is 0.289 e. The highest BCUT2D eigenvalue weighted by Crippen LogP contribution is 2.36. The molecular formula is C21H18N5O2S2+. The van der Waals surface area contributed by atoms with Crippen LogP contribution < -0.4 is 20.8 Å². The van der Waals surface area contributed by atoms with Gasteiger partial charge >= 0.3 is 0 Å². The first-order valence-corrected chi connectivity index (χ1v) is 10.6. The van der Waals surface area contributed by atoms with Crippen molar-refractivity contribution < 1.29 is 14.5 Å². The Morgan fingerprint density at radius 3 is 2.67 bits per heavy atom. The highest BCUT2D eigenvalue weighted by Gasteiger charge is 2.24. The summed E-state index contributed by atoms with van der Waals surface area (Å²) in [5.74, 6) is 0.702. The Morgan fingerprint density at radius 1 is 1.30 bits per heavy atom. The average molecular weight is 437 g/mol. The van der Waals surface area contributed by atoms with Crippen LogP contribution in [-0.2, 0) is 4.79 Å². The van der Waals surface area contributed by atoms with E-state index in [4.69, 9.17) is 10.5 Å². The Bertz CT molecular complexity index is 1180. The standard InChI is InChI=1S/C21H17N5O2S2/c1-12-8-13(28-2)5-6-16(12)25-18(27)11-30-21-15(10-23)19(17-4-3-7-29-17)14(9-22)20(24)26-21/h3-8H,11H2,1-2H3,(H2,24,26)(H,25,27)/p+1. The number of aryl methyl sites for hydroxylation is 1. The number of thioether (sulfide) groups is 1. The van der Waals surface area contributed by atoms with Crippen molar-refractivity contribution in [2.75, 3.05) is 23.9 Å². The van der Waals surface area contributed by atoms with E-state index >= 15 is 0 Å². The lowest BCUT2D eigenvalue weighted by atomic mass is 10.0. The number of nitrogens with zero attached hydrogens (tertiary/aromatic N) is 2. The average Bonchev–Trinajstić information content (AvgIpc) is 3.27. The Kier molecular flexibility index (Phi) is 6.58. The van der Waals surface area contributed by atoms with Gasteiger partial charge < -0.3 is 10.1 Å². The SMILES string of the molecule is COc1ccc(NC(=O)CSc2[nH+]c(N)c(C#N)c(-c3cccs3)c2C#N)c(C)c1. The van der Waals surface area contributed by atoms with Gasteiger partial charge in [0.25, 0.3) is 5.82 Å². The molecule has 0 aliphatic carbocycles. The van der Waals surface area contributed by atoms with Crippen LogP contribution in [0.1, 0.15) is 16.7 Å². The van der Waals surface area contributed by atoms with Gasteiger partial charge in [-0.1, -0.05) is 17.8 Å². The number of amides is 1. The van der Waals surface area contributed by atoms with Crippen LogP contribution in [0, 0.1) is 29.6 Å². The maximum Gasteiger partial charge on any atom is 0.289 e. The highest BCUT2D eigenvalue weighted by molar-refractivity contribution is 7.99. The number of carbonyl (C=O) groups is 1. The zero-order valence-electron chi connectivity index (χ0n) is 16.3. The van der Waals surface area contributed by atoms with Gasteiger partial charge in [-0.05, 0) is 42.1 Å². The van der Waals surface area contributed by atoms with E-state index in [-0.39, 0.29) is 23.0 Å². The van der Waals surface area contributed by atoms with E-state index in [1.165, 1.54) is 11.3 Å². The first kappa shape index (κ1) is 21.2. The second-order valence-electron chi connectivity index (χ2n) is 6.21. The van der Waals surface area contributed by atoms with E-state index in [9.17, 15) is 15.3 Å². The largest absolute Gasteiger partial charge is 0.497 e. The van der Waals surface area contributed by atoms with Gasteiger partial charge in [-0.15, -0.1) is 11.3 Å². The molecule has 0 spiro atoms. The summed E-state index contributed by atoms with van der Waals surface area (Å²) in [5, 5.41) is 24.4. The predicted molar refractivity (Wildman–Crippen MR) is 117 cm³/mol. The van der Waals surface area contributed by atoms with Crippen LogP contribution in [0.3, 0.4) is 0 Å². The summed E-state index contributed by atoms with van der Waals surface area (Å²) < 4.78 is 5.17. The molecule has 0 fully saturated rings. The highest BCUT2D eigenvalue weighted by atomic mass is 32.2. The first-order valence-electron chi connectivity index (χ1n) is 8.78. The Balaban J connectivity index is 1.84. The van der Waals surface area contributed by atoms with Gasteiger partial charge in [-0.3, -0.25) is 10.5 Å². The summed E-state index contributed by atoms with van der Waals surface area (Å²) in [7, 11) is 1.58. The molecule has 4 N–H and O–H groups in total. The molecule has 0 bridgehead atoms. The fourth-order valence-corrected chi connectivity index (χ4v) is 4.45. The van der Waals surface area contributed by atoms with Crippen LogP contribution in [0.15, 0.2) is 40.7 Å². The molecular weight excluding hydrogens is 418 g/mol. The Morgan fingerprint density at radius 2 is 2.07 bits per heavy atom. The number of hydrogen-bond donors (Lipinski definition) is 2. The maximum absolute atomic E-state index is 12.5. The summed E-state index contributed by atoms with van der Waals surface area (Å²) in [4.78, 5) is 16.1. The van der Waals surface area contributed by atoms with Crippen molar-refractivity contribution in [2.45, 2.75) is 11.9 Å². The number of ether oxygens (including phenoxy) is 1. The van der Waals surface area contributed by atoms with E-state index in [0.717, 1.165) is 22.2 Å². The number of nitriles is 2. The molecule has 0 radical (unpaired) electrons. The lowest BCUT2D eigenvalue weighted by molar-refractivity contribution is -0.410. The van der Waals surface area contributed by atoms with E-state index in [0.29, 0.717) is 27.6 Å². The molecule has 3 rings (SSSR count). The first-order chi connectivity index (χ1) is 14.5. The van der Waals surface area contributed by atoms with Crippen molar-refractivity contribution in [3.63, 3.8) is 0 Å². The number of nitrogen functional groups attached to an aromatic ring is 1. The van der Waals surface area contributed by atoms with Crippen LogP contribution in [0.4, 0.5) is 11.5 Å². The molecule has 7 nitrogen and oxygen atoms in total. The third-order valence-corrected chi connectivity index (χ3v) is 6.18. The van der Waals surface area contributed by atoms with Gasteiger partial charge in [0.2, 0.25) is 5.91 Å². The van der Waals surface area contributed by atoms with E-state index < -0.39 is 0 Å². The summed E-state index contributed by atoms with van der Waals surface area (Å²) >= 11 is 2.57. The number of nitrogens with two attached hydrogens (primary N) is 1. The summed E-state index contributed by atoms with van der Waals surface area (Å²) in [6.07, 6.45) is 0. The molecule has 0 unspecified atom stereocenters. The minimum Gasteiger partial charge on any atom is -0.497 e. The second-order valence-corrected chi connectivity index (χ2v) is 8.14. The molecule has 0 aliphatic heterocycles. The summed E-state index contributed by atoms with van der Waals surface area (Å²) in [6.45, 7) is 1.88. The van der Waals surface area contributed by atoms with Gasteiger partial charge in [0.05, 0.1) is 12.9 Å². The summed E-state index contributed by atoms with van der Waals surface area (Å²) in [5.41, 5.74) is 8.59. The third kappa shape index (κ3) is 4.38. The third-order valence-electron chi connectivity index (χ3n) is 4.29. The number of benzene rings is 1. The number of nitrogens with one attached hydrogen (secondary N) is 2. The van der Waals surface area contributed by atoms with Crippen LogP contribution >= 0.6 is 23.1 Å². The molecule has 1 aromatic carbocycles. The number of anilines is 2. The topological polar surface area (TPSA) is 126 Å². The van der Waals surface area contributed by atoms with Crippen LogP contribution in [-0.4, -0.2) is 18.8 Å². The van der Waals surface area contributed by atoms with Crippen molar-refractivity contribution in [1.82, 2.24) is 0 Å². The maximum atomic E-state index is 12.5. The predicted octanol–water partition coefficient (Wildman–Crippen LogP) is 3.60. The molecule has 0 saturated heterocycles. The molecule has 0 aliphatic rings. The van der Waals surface area contributed by atoms with Crippen molar-refractivity contribution in [1.29, 1.82) is 10.5 Å². The number of carbonyl (C=O) groups excluding carboxylic acids is 1. The van der Waals surface area contributed by atoms with Gasteiger partial charge in [0, 0.05) is 16.1 Å². The quantitative estimate of drug-likeness (QED) is 0.569. The van der Waals surface area contributed by atoms with E-state index in [1.54, 1.807) is 19.2 Å². The molecule has 2 aromatic heterocycles. The van der Waals surface area contributed by atoms with Crippen molar-refractivity contribution in [3.8, 4) is 28.3 Å². The fourth-order valence-electron chi connectivity index (χ4n) is 2.85. The van der Waals surface area contributed by atoms with Crippen molar-refractivity contribution in [2.24, 2.45) is 0 Å². The van der Waals surface area contributed by atoms with Gasteiger partial charge in [-0.2, -0.15) is 10.5 Å². The molecule has 30 heavy (non-hydrogen) atoms. The number of aromatic nitrogens is 1. The van der Waals surface area contributed by atoms with Gasteiger partial charge in [0.15, 0.2) is 10.6 Å². The molecule has 0 saturated carbocycles. The monoisotopic (exact) mass is 436 g/mol. The van der Waals surface area contributed by atoms with Gasteiger partial charge in [-0.25, -0.2) is 4.98 Å². The molecule has 150 valence electrons. The number of aromatic amines is 1. The number of H-pyrrole nitrogens is 1. The minimum absolute atomic E-state index is 0.0614. The van der Waals surface area contributed by atoms with Gasteiger partial charge in [0.1, 0.15) is 23.5 Å². The Hall–Kier alpha value is -3.53. The van der Waals surface area contributed by atoms with Crippen LogP contribution in [0.25, 0.3) is 10.4 Å². The Labute approximate surface area is 182 Å². The number of hydrogen-bond acceptors (Lipinski definition) is 7. The summed E-state index contributed by atoms with van der Waals surface area (Å²) in [6, 6.07) is 13.3. The van der Waals surface area contributed by atoms with Crippen molar-refractivity contribution >= 4 is 40.5 Å². The molecule has 3 aromatic rings. The lowest BCUT2D eigenvalue weighted by Crippen LogP contribution is -2.21. The molecule has 9 heteroatoms. The number of methoxy groups -OCH3 is 1. The van der Waals surface area contributed by atoms with Crippen LogP contribution in [0.2, 0.25) is 0 Å². The molecule has 2 heterocycles. The lowest BCUT2D eigenvalue weighted by Gasteiger charge is -2.11. The molecule has 1 amide bonds. The zero-order valence-corrected chi connectivity index (χ0v) is 17.9.